The van der Waals surface area contributed by atoms with Crippen LogP contribution in [0.3, 0.4) is 0 Å². The average Bonchev–Trinajstić information content (AvgIpc) is 3.50. The number of rotatable bonds is 5. The fraction of sp³-hybridized carbons (Fsp3) is 0.261. The number of anilines is 2. The Morgan fingerprint density at radius 3 is 2.73 bits per heavy atom. The molecule has 1 saturated carbocycles. The molecule has 1 aromatic heterocycles. The van der Waals surface area contributed by atoms with Crippen LogP contribution in [0.15, 0.2) is 60.8 Å². The summed E-state index contributed by atoms with van der Waals surface area (Å²) in [5, 5.41) is 16.3. The monoisotopic (exact) mass is 415 g/mol. The molecule has 2 heterocycles. The molecule has 5 rings (SSSR count). The van der Waals surface area contributed by atoms with Crippen LogP contribution in [0, 0.1) is 17.4 Å². The highest BCUT2D eigenvalue weighted by Gasteiger charge is 2.47. The van der Waals surface area contributed by atoms with Crippen LogP contribution in [0.4, 0.5) is 11.4 Å². The van der Waals surface area contributed by atoms with Gasteiger partial charge < -0.3 is 15.5 Å². The van der Waals surface area contributed by atoms with Crippen molar-refractivity contribution in [2.45, 2.75) is 24.9 Å². The second-order valence-corrected chi connectivity index (χ2v) is 8.75. The van der Waals surface area contributed by atoms with Crippen molar-refractivity contribution in [2.75, 3.05) is 11.9 Å². The van der Waals surface area contributed by atoms with Gasteiger partial charge in [-0.2, -0.15) is 5.26 Å². The zero-order chi connectivity index (χ0) is 20.5. The van der Waals surface area contributed by atoms with E-state index in [0.29, 0.717) is 10.9 Å². The minimum atomic E-state index is -0.151. The molecule has 1 saturated heterocycles. The van der Waals surface area contributed by atoms with E-state index in [0.717, 1.165) is 41.2 Å². The van der Waals surface area contributed by atoms with Crippen molar-refractivity contribution in [1.29, 1.82) is 5.26 Å². The maximum absolute atomic E-state index is 12.9. The zero-order valence-corrected chi connectivity index (χ0v) is 17.1. The molecule has 2 aliphatic rings. The summed E-state index contributed by atoms with van der Waals surface area (Å²) >= 11 is 1.39. The smallest absolute Gasteiger partial charge is 0.280 e. The molecule has 30 heavy (non-hydrogen) atoms. The lowest BCUT2D eigenvalue weighted by Gasteiger charge is -2.21. The molecule has 0 spiro atoms. The van der Waals surface area contributed by atoms with E-state index in [4.69, 9.17) is 0 Å². The van der Waals surface area contributed by atoms with E-state index in [1.807, 2.05) is 54.6 Å². The summed E-state index contributed by atoms with van der Waals surface area (Å²) in [5.41, 5.74) is 2.98. The van der Waals surface area contributed by atoms with Crippen LogP contribution < -0.4 is 10.6 Å². The van der Waals surface area contributed by atoms with Crippen molar-refractivity contribution in [3.05, 3.63) is 65.8 Å². The van der Waals surface area contributed by atoms with Gasteiger partial charge in [0, 0.05) is 29.7 Å². The summed E-state index contributed by atoms with van der Waals surface area (Å²) in [4.78, 5) is 20.0. The number of fused-ring (bicyclic) bond motifs is 2. The number of nitriles is 1. The first-order valence-electron chi connectivity index (χ1n) is 10.1. The molecule has 3 atom stereocenters. The predicted octanol–water partition coefficient (Wildman–Crippen LogP) is 4.23. The standard InChI is InChI=1S/C23H21N5OS/c24-14-28-13-15-10-11-19(28)21(15)27-22(29)23-25-12-20(30-23)17-8-4-5-9-18(17)26-16-6-2-1-3-7-16/h1-9,12,15,19,21,26H,10-11,13H2,(H,27,29)/t15?,19?,21-/m1/s1. The van der Waals surface area contributed by atoms with Crippen molar-refractivity contribution >= 4 is 28.6 Å². The lowest BCUT2D eigenvalue weighted by Crippen LogP contribution is -2.42. The Bertz CT molecular complexity index is 1110. The third-order valence-corrected chi connectivity index (χ3v) is 6.99. The largest absolute Gasteiger partial charge is 0.355 e. The van der Waals surface area contributed by atoms with Gasteiger partial charge in [-0.1, -0.05) is 36.4 Å². The topological polar surface area (TPSA) is 81.1 Å². The second-order valence-electron chi connectivity index (χ2n) is 7.72. The van der Waals surface area contributed by atoms with Crippen molar-refractivity contribution in [3.8, 4) is 16.6 Å². The molecular formula is C23H21N5OS. The Hall–Kier alpha value is -3.37. The molecule has 1 aliphatic heterocycles. The van der Waals surface area contributed by atoms with Gasteiger partial charge in [0.05, 0.1) is 17.0 Å². The molecular weight excluding hydrogens is 394 g/mol. The summed E-state index contributed by atoms with van der Waals surface area (Å²) in [6.07, 6.45) is 6.04. The molecule has 0 radical (unpaired) electrons. The second kappa shape index (κ2) is 7.81. The lowest BCUT2D eigenvalue weighted by molar-refractivity contribution is 0.0929. The van der Waals surface area contributed by atoms with Gasteiger partial charge in [-0.25, -0.2) is 4.98 Å². The number of nitrogens with zero attached hydrogens (tertiary/aromatic N) is 3. The Kier molecular flexibility index (Phi) is 4.85. The summed E-state index contributed by atoms with van der Waals surface area (Å²) in [6.45, 7) is 0.744. The fourth-order valence-electron chi connectivity index (χ4n) is 4.53. The Morgan fingerprint density at radius 1 is 1.13 bits per heavy atom. The quantitative estimate of drug-likeness (QED) is 0.610. The first-order chi connectivity index (χ1) is 14.7. The maximum Gasteiger partial charge on any atom is 0.280 e. The normalized spacial score (nSPS) is 22.0. The third kappa shape index (κ3) is 3.40. The summed E-state index contributed by atoms with van der Waals surface area (Å²) in [6, 6.07) is 18.2. The van der Waals surface area contributed by atoms with Crippen molar-refractivity contribution in [2.24, 2.45) is 5.92 Å². The van der Waals surface area contributed by atoms with Crippen LogP contribution in [0.5, 0.6) is 0 Å². The Labute approximate surface area is 179 Å². The van der Waals surface area contributed by atoms with E-state index >= 15 is 0 Å². The average molecular weight is 416 g/mol. The molecule has 3 aromatic rings. The molecule has 1 aliphatic carbocycles. The van der Waals surface area contributed by atoms with Gasteiger partial charge in [-0.3, -0.25) is 4.79 Å². The predicted molar refractivity (Wildman–Crippen MR) is 117 cm³/mol. The van der Waals surface area contributed by atoms with E-state index in [2.05, 4.69) is 21.8 Å². The van der Waals surface area contributed by atoms with E-state index in [1.165, 1.54) is 11.3 Å². The van der Waals surface area contributed by atoms with Gasteiger partial charge >= 0.3 is 0 Å². The van der Waals surface area contributed by atoms with Crippen LogP contribution in [0.2, 0.25) is 0 Å². The number of thiazole rings is 1. The first-order valence-corrected chi connectivity index (χ1v) is 10.9. The van der Waals surface area contributed by atoms with Gasteiger partial charge in [-0.15, -0.1) is 11.3 Å². The highest BCUT2D eigenvalue weighted by Crippen LogP contribution is 2.38. The third-order valence-electron chi connectivity index (χ3n) is 5.96. The van der Waals surface area contributed by atoms with Gasteiger partial charge in [0.1, 0.15) is 0 Å². The van der Waals surface area contributed by atoms with E-state index in [1.54, 1.807) is 11.1 Å². The Morgan fingerprint density at radius 2 is 1.93 bits per heavy atom. The van der Waals surface area contributed by atoms with Crippen LogP contribution in [0.1, 0.15) is 22.6 Å². The zero-order valence-electron chi connectivity index (χ0n) is 16.3. The lowest BCUT2D eigenvalue weighted by atomic mass is 10.1. The number of nitrogens with one attached hydrogen (secondary N) is 2. The molecule has 2 bridgehead atoms. The molecule has 2 N–H and O–H groups in total. The molecule has 7 heteroatoms. The number of benzene rings is 2. The van der Waals surface area contributed by atoms with Crippen molar-refractivity contribution in [3.63, 3.8) is 0 Å². The highest BCUT2D eigenvalue weighted by molar-refractivity contribution is 7.17. The van der Waals surface area contributed by atoms with Crippen LogP contribution in [-0.2, 0) is 0 Å². The molecule has 2 unspecified atom stereocenters. The number of aromatic nitrogens is 1. The van der Waals surface area contributed by atoms with Gasteiger partial charge in [0.2, 0.25) is 0 Å². The molecule has 2 fully saturated rings. The summed E-state index contributed by atoms with van der Waals surface area (Å²) in [7, 11) is 0. The molecule has 6 nitrogen and oxygen atoms in total. The molecule has 2 aromatic carbocycles. The summed E-state index contributed by atoms with van der Waals surface area (Å²) < 4.78 is 0. The number of piperidine rings is 1. The van der Waals surface area contributed by atoms with Crippen molar-refractivity contribution < 1.29 is 4.79 Å². The van der Waals surface area contributed by atoms with E-state index < -0.39 is 0 Å². The minimum Gasteiger partial charge on any atom is -0.355 e. The number of hydrogen-bond acceptors (Lipinski definition) is 6. The first kappa shape index (κ1) is 18.6. The highest BCUT2D eigenvalue weighted by atomic mass is 32.1. The number of carbonyl (C=O) groups excluding carboxylic acids is 1. The number of amides is 1. The van der Waals surface area contributed by atoms with Gasteiger partial charge in [0.25, 0.3) is 5.91 Å². The fourth-order valence-corrected chi connectivity index (χ4v) is 5.39. The number of hydrogen-bond donors (Lipinski definition) is 2. The van der Waals surface area contributed by atoms with E-state index in [-0.39, 0.29) is 18.0 Å². The Balaban J connectivity index is 1.34. The number of para-hydroxylation sites is 2. The maximum atomic E-state index is 12.9. The number of carbonyl (C=O) groups is 1. The van der Waals surface area contributed by atoms with Crippen molar-refractivity contribution in [1.82, 2.24) is 15.2 Å². The van der Waals surface area contributed by atoms with Crippen LogP contribution >= 0.6 is 11.3 Å². The van der Waals surface area contributed by atoms with Crippen LogP contribution in [0.25, 0.3) is 10.4 Å². The number of likely N-dealkylation sites (tertiary alicyclic amines) is 1. The SMILES string of the molecule is N#CN1CC2CCC1[C@@H]2NC(=O)c1ncc(-c2ccccc2Nc2ccccc2)s1. The molecule has 150 valence electrons. The van der Waals surface area contributed by atoms with Gasteiger partial charge in [0.15, 0.2) is 11.2 Å². The van der Waals surface area contributed by atoms with Crippen LogP contribution in [-0.4, -0.2) is 34.4 Å². The van der Waals surface area contributed by atoms with Gasteiger partial charge in [-0.05, 0) is 37.0 Å². The molecule has 1 amide bonds. The van der Waals surface area contributed by atoms with E-state index in [9.17, 15) is 10.1 Å². The minimum absolute atomic E-state index is 0.0385. The summed E-state index contributed by atoms with van der Waals surface area (Å²) in [5.74, 6) is 0.204.